The zero-order valence-corrected chi connectivity index (χ0v) is 14.7. The van der Waals surface area contributed by atoms with Gasteiger partial charge in [-0.05, 0) is 34.1 Å². The van der Waals surface area contributed by atoms with E-state index in [-0.39, 0.29) is 13.0 Å². The number of carboxylic acid groups (broad SMARTS) is 1. The second kappa shape index (κ2) is 10.6. The molecule has 0 heterocycles. The molecule has 0 aromatic heterocycles. The molecule has 0 saturated heterocycles. The largest absolute Gasteiger partial charge is 0.548 e. The fourth-order valence-electron chi connectivity index (χ4n) is 1.61. The van der Waals surface area contributed by atoms with Gasteiger partial charge < -0.3 is 30.8 Å². The molecule has 1 aromatic rings. The molecule has 0 aliphatic carbocycles. The van der Waals surface area contributed by atoms with Crippen molar-refractivity contribution < 1.29 is 30.3 Å². The molecule has 24 heavy (non-hydrogen) atoms. The predicted octanol–water partition coefficient (Wildman–Crippen LogP) is 0.00150. The molecule has 0 radical (unpaired) electrons. The number of amides is 1. The van der Waals surface area contributed by atoms with Crippen molar-refractivity contribution in [2.24, 2.45) is 0 Å². The van der Waals surface area contributed by atoms with Gasteiger partial charge in [0.1, 0.15) is 11.6 Å². The number of benzene rings is 1. The fraction of sp³-hybridized carbons (Fsp3) is 0.529. The van der Waals surface area contributed by atoms with Gasteiger partial charge in [0, 0.05) is 12.2 Å². The molecule has 1 unspecified atom stereocenters. The lowest BCUT2D eigenvalue weighted by molar-refractivity contribution is -0.420. The lowest BCUT2D eigenvalue weighted by atomic mass is 10.1. The van der Waals surface area contributed by atoms with Crippen molar-refractivity contribution in [2.75, 3.05) is 6.61 Å². The van der Waals surface area contributed by atoms with E-state index >= 15 is 0 Å². The van der Waals surface area contributed by atoms with Gasteiger partial charge >= 0.3 is 6.09 Å². The average Bonchev–Trinajstić information content (AvgIpc) is 2.46. The topological polar surface area (TPSA) is 126 Å². The van der Waals surface area contributed by atoms with E-state index in [4.69, 9.17) is 9.84 Å². The summed E-state index contributed by atoms with van der Waals surface area (Å²) in [6, 6.07) is 9.46. The highest BCUT2D eigenvalue weighted by atomic mass is 16.6. The molecule has 0 aliphatic rings. The van der Waals surface area contributed by atoms with Crippen LogP contribution in [0.1, 0.15) is 45.7 Å². The van der Waals surface area contributed by atoms with Crippen LogP contribution < -0.4 is 16.2 Å². The number of quaternary nitrogens is 1. The van der Waals surface area contributed by atoms with Crippen molar-refractivity contribution in [2.45, 2.75) is 51.8 Å². The Bertz CT molecular complexity index is 497. The number of carbonyl (C=O) groups is 2. The van der Waals surface area contributed by atoms with Gasteiger partial charge in [-0.1, -0.05) is 30.3 Å². The van der Waals surface area contributed by atoms with Crippen LogP contribution in [0.25, 0.3) is 0 Å². The number of carboxylic acids is 1. The van der Waals surface area contributed by atoms with Crippen LogP contribution in [0, 0.1) is 0 Å². The predicted molar refractivity (Wildman–Crippen MR) is 87.6 cm³/mol. The summed E-state index contributed by atoms with van der Waals surface area (Å²) < 4.78 is 4.84. The van der Waals surface area contributed by atoms with E-state index in [0.29, 0.717) is 6.04 Å². The third-order valence-electron chi connectivity index (χ3n) is 2.76. The molecule has 5 N–H and O–H groups in total. The highest BCUT2D eigenvalue weighted by Gasteiger charge is 2.19. The van der Waals surface area contributed by atoms with Crippen molar-refractivity contribution in [1.82, 2.24) is 5.32 Å². The van der Waals surface area contributed by atoms with E-state index in [0.717, 1.165) is 0 Å². The van der Waals surface area contributed by atoms with E-state index in [2.05, 4.69) is 30.1 Å². The number of carbonyl (C=O) groups excluding carboxylic acids is 2. The van der Waals surface area contributed by atoms with Gasteiger partial charge in [0.15, 0.2) is 0 Å². The zero-order chi connectivity index (χ0) is 18.8. The summed E-state index contributed by atoms with van der Waals surface area (Å²) >= 11 is 0. The fourth-order valence-corrected chi connectivity index (χ4v) is 1.61. The van der Waals surface area contributed by atoms with Crippen LogP contribution in [0.3, 0.4) is 0 Å². The van der Waals surface area contributed by atoms with Crippen LogP contribution in [0.4, 0.5) is 4.79 Å². The van der Waals surface area contributed by atoms with Gasteiger partial charge in [-0.15, -0.1) is 0 Å². The molecule has 2 atom stereocenters. The zero-order valence-electron chi connectivity index (χ0n) is 14.7. The first kappa shape index (κ1) is 21.9. The Morgan fingerprint density at radius 2 is 1.83 bits per heavy atom. The van der Waals surface area contributed by atoms with Crippen LogP contribution in [0.15, 0.2) is 30.3 Å². The molecule has 0 fully saturated rings. The minimum Gasteiger partial charge on any atom is -0.548 e. The maximum atomic E-state index is 11.1. The molecule has 0 saturated carbocycles. The van der Waals surface area contributed by atoms with Gasteiger partial charge in [0.05, 0.1) is 12.0 Å². The monoisotopic (exact) mass is 340 g/mol. The second-order valence-corrected chi connectivity index (χ2v) is 6.34. The van der Waals surface area contributed by atoms with Crippen molar-refractivity contribution in [1.29, 1.82) is 0 Å². The molecule has 1 aromatic carbocycles. The summed E-state index contributed by atoms with van der Waals surface area (Å²) in [4.78, 5) is 21.6. The number of aliphatic hydroxyl groups excluding tert-OH is 1. The average molecular weight is 340 g/mol. The van der Waals surface area contributed by atoms with Crippen molar-refractivity contribution >= 4 is 12.1 Å². The minimum atomic E-state index is -1.45. The minimum absolute atomic E-state index is 0.110. The SMILES string of the molecule is CC(C)(C)OC(=O)N[C@@H](CCO)C(=O)[O-].CC([NH3+])c1ccccc1. The van der Waals surface area contributed by atoms with Gasteiger partial charge in [-0.2, -0.15) is 0 Å². The van der Waals surface area contributed by atoms with E-state index in [1.807, 2.05) is 18.2 Å². The van der Waals surface area contributed by atoms with Crippen LogP contribution in [0.2, 0.25) is 0 Å². The molecule has 0 spiro atoms. The van der Waals surface area contributed by atoms with E-state index in [1.54, 1.807) is 20.8 Å². The number of rotatable bonds is 5. The normalized spacial score (nSPS) is 13.1. The van der Waals surface area contributed by atoms with E-state index < -0.39 is 23.7 Å². The molecular formula is C17H28N2O5. The highest BCUT2D eigenvalue weighted by molar-refractivity contribution is 5.78. The summed E-state index contributed by atoms with van der Waals surface area (Å²) in [6.07, 6.45) is -0.952. The van der Waals surface area contributed by atoms with Crippen LogP contribution in [-0.4, -0.2) is 35.4 Å². The van der Waals surface area contributed by atoms with E-state index in [1.165, 1.54) is 5.56 Å². The Hall–Kier alpha value is -2.12. The summed E-state index contributed by atoms with van der Waals surface area (Å²) in [5, 5.41) is 21.1. The first-order valence-corrected chi connectivity index (χ1v) is 7.76. The third-order valence-corrected chi connectivity index (χ3v) is 2.76. The number of hydrogen-bond acceptors (Lipinski definition) is 5. The molecule has 0 aliphatic heterocycles. The van der Waals surface area contributed by atoms with Crippen molar-refractivity contribution in [3.63, 3.8) is 0 Å². The molecule has 7 nitrogen and oxygen atoms in total. The number of nitrogens with one attached hydrogen (secondary N) is 1. The molecular weight excluding hydrogens is 312 g/mol. The lowest BCUT2D eigenvalue weighted by Gasteiger charge is -2.23. The van der Waals surface area contributed by atoms with Crippen LogP contribution in [-0.2, 0) is 9.53 Å². The molecule has 1 rings (SSSR count). The Morgan fingerprint density at radius 1 is 1.29 bits per heavy atom. The van der Waals surface area contributed by atoms with Crippen molar-refractivity contribution in [3.8, 4) is 0 Å². The lowest BCUT2D eigenvalue weighted by Crippen LogP contribution is -2.51. The standard InChI is InChI=1S/C9H17NO5.C8H11N/c1-9(2,3)15-8(14)10-6(4-5-11)7(12)13;1-7(9)8-5-3-2-4-6-8/h6,11H,4-5H2,1-3H3,(H,10,14)(H,12,13);2-7H,9H2,1H3/t6-;/m0./s1. The van der Waals surface area contributed by atoms with Crippen molar-refractivity contribution in [3.05, 3.63) is 35.9 Å². The smallest absolute Gasteiger partial charge is 0.408 e. The van der Waals surface area contributed by atoms with Crippen LogP contribution >= 0.6 is 0 Å². The summed E-state index contributed by atoms with van der Waals surface area (Å²) in [7, 11) is 0. The number of alkyl carbamates (subject to hydrolysis) is 1. The Kier molecular flexibility index (Phi) is 9.68. The van der Waals surface area contributed by atoms with Gasteiger partial charge in [0.2, 0.25) is 0 Å². The summed E-state index contributed by atoms with van der Waals surface area (Å²) in [6.45, 7) is 6.72. The maximum Gasteiger partial charge on any atom is 0.408 e. The molecule has 136 valence electrons. The quantitative estimate of drug-likeness (QED) is 0.695. The number of hydrogen-bond donors (Lipinski definition) is 3. The van der Waals surface area contributed by atoms with Crippen LogP contribution in [0.5, 0.6) is 0 Å². The number of aliphatic hydroxyl groups is 1. The maximum absolute atomic E-state index is 11.1. The Morgan fingerprint density at radius 3 is 2.17 bits per heavy atom. The van der Waals surface area contributed by atoms with E-state index in [9.17, 15) is 14.7 Å². The van der Waals surface area contributed by atoms with Gasteiger partial charge in [-0.25, -0.2) is 4.79 Å². The first-order chi connectivity index (χ1) is 11.1. The van der Waals surface area contributed by atoms with Gasteiger partial charge in [0.25, 0.3) is 0 Å². The molecule has 7 heteroatoms. The second-order valence-electron chi connectivity index (χ2n) is 6.34. The third kappa shape index (κ3) is 10.6. The molecule has 1 amide bonds. The highest BCUT2D eigenvalue weighted by Crippen LogP contribution is 2.07. The number of ether oxygens (including phenoxy) is 1. The van der Waals surface area contributed by atoms with Gasteiger partial charge in [-0.3, -0.25) is 0 Å². The summed E-state index contributed by atoms with van der Waals surface area (Å²) in [5.41, 5.74) is 4.52. The molecule has 0 bridgehead atoms. The first-order valence-electron chi connectivity index (χ1n) is 7.76. The Balaban J connectivity index is 0.000000496. The number of aliphatic carboxylic acids is 1. The Labute approximate surface area is 142 Å². The summed E-state index contributed by atoms with van der Waals surface area (Å²) in [5.74, 6) is -1.45.